The van der Waals surface area contributed by atoms with Crippen molar-refractivity contribution in [3.05, 3.63) is 71.3 Å². The van der Waals surface area contributed by atoms with E-state index in [1.165, 1.54) is 12.1 Å². The van der Waals surface area contributed by atoms with Gasteiger partial charge in [-0.25, -0.2) is 8.78 Å². The van der Waals surface area contributed by atoms with E-state index in [1.807, 2.05) is 37.3 Å². The van der Waals surface area contributed by atoms with Gasteiger partial charge in [-0.3, -0.25) is 0 Å². The second-order valence-corrected chi connectivity index (χ2v) is 4.79. The summed E-state index contributed by atoms with van der Waals surface area (Å²) in [6, 6.07) is 13.1. The molecule has 0 bridgehead atoms. The Hall–Kier alpha value is -1.78. The monoisotopic (exact) mass is 276 g/mol. The molecule has 4 heteroatoms. The Morgan fingerprint density at radius 3 is 2.15 bits per heavy atom. The van der Waals surface area contributed by atoms with Gasteiger partial charge in [0.15, 0.2) is 0 Å². The van der Waals surface area contributed by atoms with Gasteiger partial charge in [-0.15, -0.1) is 0 Å². The molecule has 0 radical (unpaired) electrons. The van der Waals surface area contributed by atoms with Crippen LogP contribution < -0.4 is 11.1 Å². The standard InChI is InChI=1S/C16H18F2N2/c1-11(12-5-3-2-4-6-12)20-16(10-19)13-7-14(17)9-15(18)8-13/h2-9,11,16,20H,10,19H2,1H3. The highest BCUT2D eigenvalue weighted by atomic mass is 19.1. The van der Waals surface area contributed by atoms with E-state index in [2.05, 4.69) is 5.32 Å². The summed E-state index contributed by atoms with van der Waals surface area (Å²) in [7, 11) is 0. The maximum atomic E-state index is 13.3. The zero-order chi connectivity index (χ0) is 14.5. The average molecular weight is 276 g/mol. The third-order valence-corrected chi connectivity index (χ3v) is 3.27. The summed E-state index contributed by atoms with van der Waals surface area (Å²) < 4.78 is 26.6. The van der Waals surface area contributed by atoms with Gasteiger partial charge in [-0.05, 0) is 30.2 Å². The second kappa shape index (κ2) is 6.59. The van der Waals surface area contributed by atoms with E-state index in [0.29, 0.717) is 5.56 Å². The normalized spacial score (nSPS) is 14.0. The molecule has 0 saturated carbocycles. The summed E-state index contributed by atoms with van der Waals surface area (Å²) in [6.45, 7) is 2.26. The number of hydrogen-bond acceptors (Lipinski definition) is 2. The van der Waals surface area contributed by atoms with Gasteiger partial charge >= 0.3 is 0 Å². The molecular weight excluding hydrogens is 258 g/mol. The van der Waals surface area contributed by atoms with Crippen LogP contribution in [0.25, 0.3) is 0 Å². The van der Waals surface area contributed by atoms with Crippen molar-refractivity contribution in [3.8, 4) is 0 Å². The first-order chi connectivity index (χ1) is 9.60. The van der Waals surface area contributed by atoms with Gasteiger partial charge in [-0.2, -0.15) is 0 Å². The Labute approximate surface area is 117 Å². The van der Waals surface area contributed by atoms with E-state index < -0.39 is 11.6 Å². The van der Waals surface area contributed by atoms with Gasteiger partial charge in [0.25, 0.3) is 0 Å². The fourth-order valence-electron chi connectivity index (χ4n) is 2.22. The maximum absolute atomic E-state index is 13.3. The maximum Gasteiger partial charge on any atom is 0.126 e. The number of nitrogens with one attached hydrogen (secondary N) is 1. The first-order valence-corrected chi connectivity index (χ1v) is 6.57. The first-order valence-electron chi connectivity index (χ1n) is 6.57. The predicted molar refractivity (Wildman–Crippen MR) is 76.1 cm³/mol. The Bertz CT molecular complexity index is 537. The minimum absolute atomic E-state index is 0.0380. The van der Waals surface area contributed by atoms with Crippen LogP contribution in [0.2, 0.25) is 0 Å². The number of halogens is 2. The lowest BCUT2D eigenvalue weighted by Gasteiger charge is -2.23. The minimum atomic E-state index is -0.590. The van der Waals surface area contributed by atoms with Gasteiger partial charge in [0.2, 0.25) is 0 Å². The molecule has 2 aromatic carbocycles. The third-order valence-electron chi connectivity index (χ3n) is 3.27. The van der Waals surface area contributed by atoms with Gasteiger partial charge in [-0.1, -0.05) is 30.3 Å². The van der Waals surface area contributed by atoms with Crippen LogP contribution in [0.15, 0.2) is 48.5 Å². The lowest BCUT2D eigenvalue weighted by Crippen LogP contribution is -2.30. The fourth-order valence-corrected chi connectivity index (χ4v) is 2.22. The summed E-state index contributed by atoms with van der Waals surface area (Å²) in [5.41, 5.74) is 7.34. The summed E-state index contributed by atoms with van der Waals surface area (Å²) >= 11 is 0. The SMILES string of the molecule is CC(NC(CN)c1cc(F)cc(F)c1)c1ccccc1. The van der Waals surface area contributed by atoms with Crippen LogP contribution in [0.5, 0.6) is 0 Å². The Morgan fingerprint density at radius 1 is 1.00 bits per heavy atom. The third kappa shape index (κ3) is 3.62. The molecule has 2 aromatic rings. The molecule has 0 saturated heterocycles. The Kier molecular flexibility index (Phi) is 4.82. The summed E-state index contributed by atoms with van der Waals surface area (Å²) in [6.07, 6.45) is 0. The van der Waals surface area contributed by atoms with Crippen LogP contribution in [-0.2, 0) is 0 Å². The summed E-state index contributed by atoms with van der Waals surface area (Å²) in [4.78, 5) is 0. The van der Waals surface area contributed by atoms with E-state index in [9.17, 15) is 8.78 Å². The topological polar surface area (TPSA) is 38.0 Å². The van der Waals surface area contributed by atoms with Crippen LogP contribution in [0.4, 0.5) is 8.78 Å². The molecule has 0 aromatic heterocycles. The lowest BCUT2D eigenvalue weighted by molar-refractivity contribution is 0.467. The van der Waals surface area contributed by atoms with Gasteiger partial charge in [0, 0.05) is 24.7 Å². The molecule has 0 aliphatic rings. The molecule has 0 fully saturated rings. The predicted octanol–water partition coefficient (Wildman–Crippen LogP) is 3.32. The number of rotatable bonds is 5. The number of nitrogens with two attached hydrogens (primary N) is 1. The molecular formula is C16H18F2N2. The number of hydrogen-bond donors (Lipinski definition) is 2. The Morgan fingerprint density at radius 2 is 1.60 bits per heavy atom. The molecule has 0 aliphatic carbocycles. The van der Waals surface area contributed by atoms with E-state index in [0.717, 1.165) is 11.6 Å². The molecule has 0 amide bonds. The van der Waals surface area contributed by atoms with Crippen molar-refractivity contribution in [2.24, 2.45) is 5.73 Å². The Balaban J connectivity index is 2.16. The van der Waals surface area contributed by atoms with Crippen LogP contribution in [-0.4, -0.2) is 6.54 Å². The van der Waals surface area contributed by atoms with Crippen molar-refractivity contribution >= 4 is 0 Å². The smallest absolute Gasteiger partial charge is 0.126 e. The molecule has 2 nitrogen and oxygen atoms in total. The molecule has 2 unspecified atom stereocenters. The molecule has 106 valence electrons. The average Bonchev–Trinajstić information content (AvgIpc) is 2.44. The van der Waals surface area contributed by atoms with Crippen molar-refractivity contribution in [2.75, 3.05) is 6.54 Å². The molecule has 3 N–H and O–H groups in total. The zero-order valence-electron chi connectivity index (χ0n) is 11.3. The van der Waals surface area contributed by atoms with Gasteiger partial charge in [0.1, 0.15) is 11.6 Å². The van der Waals surface area contributed by atoms with Crippen molar-refractivity contribution in [1.29, 1.82) is 0 Å². The van der Waals surface area contributed by atoms with Crippen LogP contribution in [0, 0.1) is 11.6 Å². The highest BCUT2D eigenvalue weighted by Crippen LogP contribution is 2.20. The summed E-state index contributed by atoms with van der Waals surface area (Å²) in [5, 5.41) is 3.30. The minimum Gasteiger partial charge on any atom is -0.329 e. The van der Waals surface area contributed by atoms with Crippen molar-refractivity contribution in [1.82, 2.24) is 5.32 Å². The van der Waals surface area contributed by atoms with E-state index in [1.54, 1.807) is 0 Å². The number of benzene rings is 2. The summed E-state index contributed by atoms with van der Waals surface area (Å²) in [5.74, 6) is -1.18. The molecule has 0 aliphatic heterocycles. The van der Waals surface area contributed by atoms with Gasteiger partial charge in [0.05, 0.1) is 0 Å². The van der Waals surface area contributed by atoms with E-state index >= 15 is 0 Å². The zero-order valence-corrected chi connectivity index (χ0v) is 11.3. The highest BCUT2D eigenvalue weighted by Gasteiger charge is 2.15. The van der Waals surface area contributed by atoms with Crippen molar-refractivity contribution < 1.29 is 8.78 Å². The first kappa shape index (κ1) is 14.6. The van der Waals surface area contributed by atoms with Gasteiger partial charge < -0.3 is 11.1 Å². The largest absolute Gasteiger partial charge is 0.329 e. The molecule has 2 rings (SSSR count). The van der Waals surface area contributed by atoms with E-state index in [-0.39, 0.29) is 18.6 Å². The van der Waals surface area contributed by atoms with Crippen LogP contribution >= 0.6 is 0 Å². The molecule has 20 heavy (non-hydrogen) atoms. The quantitative estimate of drug-likeness (QED) is 0.879. The second-order valence-electron chi connectivity index (χ2n) is 4.79. The van der Waals surface area contributed by atoms with Crippen molar-refractivity contribution in [2.45, 2.75) is 19.0 Å². The molecule has 0 heterocycles. The van der Waals surface area contributed by atoms with Crippen LogP contribution in [0.3, 0.4) is 0 Å². The van der Waals surface area contributed by atoms with Crippen molar-refractivity contribution in [3.63, 3.8) is 0 Å². The highest BCUT2D eigenvalue weighted by molar-refractivity contribution is 5.24. The molecule has 0 spiro atoms. The lowest BCUT2D eigenvalue weighted by atomic mass is 10.0. The molecule has 2 atom stereocenters. The fraction of sp³-hybridized carbons (Fsp3) is 0.250. The van der Waals surface area contributed by atoms with Crippen LogP contribution in [0.1, 0.15) is 30.1 Å². The van der Waals surface area contributed by atoms with E-state index in [4.69, 9.17) is 5.73 Å².